The van der Waals surface area contributed by atoms with Gasteiger partial charge in [-0.25, -0.2) is 13.6 Å². The number of carbonyl (C=O) groups excluding carboxylic acids is 2. The van der Waals surface area contributed by atoms with Crippen molar-refractivity contribution in [3.8, 4) is 0 Å². The van der Waals surface area contributed by atoms with Crippen LogP contribution >= 0.6 is 0 Å². The molecule has 0 saturated carbocycles. The van der Waals surface area contributed by atoms with Gasteiger partial charge in [0.15, 0.2) is 0 Å². The molecule has 0 radical (unpaired) electrons. The van der Waals surface area contributed by atoms with Gasteiger partial charge in [0, 0.05) is 31.7 Å². The first-order valence-corrected chi connectivity index (χ1v) is 9.82. The Kier molecular flexibility index (Phi) is 7.16. The summed E-state index contributed by atoms with van der Waals surface area (Å²) in [6.07, 6.45) is 2.91. The van der Waals surface area contributed by atoms with E-state index in [0.29, 0.717) is 38.2 Å². The second kappa shape index (κ2) is 10.0. The van der Waals surface area contributed by atoms with E-state index in [1.54, 1.807) is 17.0 Å². The van der Waals surface area contributed by atoms with Gasteiger partial charge in [0.05, 0.1) is 0 Å². The first-order valence-electron chi connectivity index (χ1n) is 9.82. The first kappa shape index (κ1) is 20.8. The zero-order valence-corrected chi connectivity index (χ0v) is 16.2. The number of likely N-dealkylation sites (tertiary alicyclic amines) is 1. The summed E-state index contributed by atoms with van der Waals surface area (Å²) in [5.74, 6) is -0.501. The van der Waals surface area contributed by atoms with Gasteiger partial charge in [-0.05, 0) is 67.1 Å². The van der Waals surface area contributed by atoms with Crippen LogP contribution in [-0.4, -0.2) is 29.9 Å². The molecular formula is C22H25F2N3O2. The molecule has 154 valence electrons. The Morgan fingerprint density at radius 2 is 1.86 bits per heavy atom. The highest BCUT2D eigenvalue weighted by Gasteiger charge is 2.24. The number of carbonyl (C=O) groups is 2. The number of rotatable bonds is 6. The molecule has 1 heterocycles. The Morgan fingerprint density at radius 1 is 1.07 bits per heavy atom. The molecule has 0 spiro atoms. The summed E-state index contributed by atoms with van der Waals surface area (Å²) < 4.78 is 26.1. The van der Waals surface area contributed by atoms with E-state index in [2.05, 4.69) is 10.6 Å². The zero-order chi connectivity index (χ0) is 20.6. The van der Waals surface area contributed by atoms with Crippen LogP contribution in [0.3, 0.4) is 0 Å². The van der Waals surface area contributed by atoms with Crippen molar-refractivity contribution in [1.29, 1.82) is 0 Å². The predicted octanol–water partition coefficient (Wildman–Crippen LogP) is 4.31. The van der Waals surface area contributed by atoms with Crippen LogP contribution in [0.2, 0.25) is 0 Å². The Hall–Kier alpha value is -2.96. The average molecular weight is 401 g/mol. The lowest BCUT2D eigenvalue weighted by Crippen LogP contribution is -2.42. The lowest BCUT2D eigenvalue weighted by Gasteiger charge is -2.32. The monoisotopic (exact) mass is 401 g/mol. The summed E-state index contributed by atoms with van der Waals surface area (Å²) in [4.78, 5) is 26.3. The van der Waals surface area contributed by atoms with Crippen LogP contribution in [0.1, 0.15) is 31.2 Å². The van der Waals surface area contributed by atoms with Gasteiger partial charge in [-0.1, -0.05) is 12.1 Å². The van der Waals surface area contributed by atoms with Gasteiger partial charge in [0.25, 0.3) is 0 Å². The molecule has 2 N–H and O–H groups in total. The Bertz CT molecular complexity index is 842. The highest BCUT2D eigenvalue weighted by Crippen LogP contribution is 2.22. The molecular weight excluding hydrogens is 376 g/mol. The summed E-state index contributed by atoms with van der Waals surface area (Å²) in [5.41, 5.74) is 1.27. The summed E-state index contributed by atoms with van der Waals surface area (Å²) in [6, 6.07) is 11.6. The SMILES string of the molecule is O=C(CC[C@@H]1CCCN(C(=O)Nc2ccc(F)cc2)C1)NCc1cccc(F)c1. The third kappa shape index (κ3) is 6.55. The normalized spacial score (nSPS) is 16.3. The van der Waals surface area contributed by atoms with Crippen molar-refractivity contribution in [2.24, 2.45) is 5.92 Å². The van der Waals surface area contributed by atoms with E-state index in [9.17, 15) is 18.4 Å². The van der Waals surface area contributed by atoms with Crippen LogP contribution in [0.15, 0.2) is 48.5 Å². The maximum atomic E-state index is 13.2. The van der Waals surface area contributed by atoms with Crippen LogP contribution in [0, 0.1) is 17.6 Å². The highest BCUT2D eigenvalue weighted by molar-refractivity contribution is 5.89. The Labute approximate surface area is 169 Å². The van der Waals surface area contributed by atoms with Crippen molar-refractivity contribution in [3.05, 3.63) is 65.7 Å². The lowest BCUT2D eigenvalue weighted by molar-refractivity contribution is -0.121. The van der Waals surface area contributed by atoms with E-state index in [1.807, 2.05) is 0 Å². The molecule has 1 atom stereocenters. The van der Waals surface area contributed by atoms with E-state index >= 15 is 0 Å². The fourth-order valence-corrected chi connectivity index (χ4v) is 3.49. The maximum Gasteiger partial charge on any atom is 0.321 e. The second-order valence-electron chi connectivity index (χ2n) is 7.34. The van der Waals surface area contributed by atoms with Crippen molar-refractivity contribution in [2.75, 3.05) is 18.4 Å². The van der Waals surface area contributed by atoms with Crippen LogP contribution in [0.25, 0.3) is 0 Å². The fraction of sp³-hybridized carbons (Fsp3) is 0.364. The number of halogens is 2. The number of nitrogens with one attached hydrogen (secondary N) is 2. The molecule has 0 aromatic heterocycles. The molecule has 0 bridgehead atoms. The smallest absolute Gasteiger partial charge is 0.321 e. The number of nitrogens with zero attached hydrogens (tertiary/aromatic N) is 1. The van der Waals surface area contributed by atoms with Crippen molar-refractivity contribution < 1.29 is 18.4 Å². The van der Waals surface area contributed by atoms with E-state index in [1.165, 1.54) is 36.4 Å². The quantitative estimate of drug-likeness (QED) is 0.758. The van der Waals surface area contributed by atoms with Gasteiger partial charge in [0.1, 0.15) is 11.6 Å². The molecule has 3 amide bonds. The number of urea groups is 1. The molecule has 2 aromatic rings. The predicted molar refractivity (Wildman–Crippen MR) is 107 cm³/mol. The minimum atomic E-state index is -0.350. The molecule has 2 aromatic carbocycles. The number of amides is 3. The van der Waals surface area contributed by atoms with Gasteiger partial charge in [-0.2, -0.15) is 0 Å². The molecule has 0 aliphatic carbocycles. The minimum absolute atomic E-state index is 0.0813. The molecule has 1 fully saturated rings. The van der Waals surface area contributed by atoms with Gasteiger partial charge < -0.3 is 15.5 Å². The Morgan fingerprint density at radius 3 is 2.62 bits per heavy atom. The van der Waals surface area contributed by atoms with Crippen molar-refractivity contribution in [1.82, 2.24) is 10.2 Å². The summed E-state index contributed by atoms with van der Waals surface area (Å²) in [6.45, 7) is 1.55. The van der Waals surface area contributed by atoms with Crippen LogP contribution in [-0.2, 0) is 11.3 Å². The van der Waals surface area contributed by atoms with Crippen molar-refractivity contribution in [3.63, 3.8) is 0 Å². The van der Waals surface area contributed by atoms with Crippen molar-refractivity contribution in [2.45, 2.75) is 32.2 Å². The third-order valence-electron chi connectivity index (χ3n) is 5.06. The molecule has 3 rings (SSSR count). The van der Waals surface area contributed by atoms with Gasteiger partial charge in [-0.3, -0.25) is 4.79 Å². The number of hydrogen-bond acceptors (Lipinski definition) is 2. The molecule has 1 saturated heterocycles. The molecule has 5 nitrogen and oxygen atoms in total. The van der Waals surface area contributed by atoms with E-state index in [0.717, 1.165) is 18.4 Å². The minimum Gasteiger partial charge on any atom is -0.352 e. The average Bonchev–Trinajstić information content (AvgIpc) is 2.72. The lowest BCUT2D eigenvalue weighted by atomic mass is 9.93. The van der Waals surface area contributed by atoms with Gasteiger partial charge in [0.2, 0.25) is 5.91 Å². The maximum absolute atomic E-state index is 13.2. The topological polar surface area (TPSA) is 61.4 Å². The number of benzene rings is 2. The largest absolute Gasteiger partial charge is 0.352 e. The van der Waals surface area contributed by atoms with Gasteiger partial charge >= 0.3 is 6.03 Å². The van der Waals surface area contributed by atoms with E-state index < -0.39 is 0 Å². The fourth-order valence-electron chi connectivity index (χ4n) is 3.49. The van der Waals surface area contributed by atoms with Crippen LogP contribution in [0.5, 0.6) is 0 Å². The molecule has 1 aliphatic heterocycles. The first-order chi connectivity index (χ1) is 14.0. The summed E-state index contributed by atoms with van der Waals surface area (Å²) in [5, 5.41) is 5.59. The van der Waals surface area contributed by atoms with Crippen LogP contribution in [0.4, 0.5) is 19.3 Å². The number of anilines is 1. The number of piperidine rings is 1. The number of hydrogen-bond donors (Lipinski definition) is 2. The standard InChI is InChI=1S/C22H25F2N3O2/c23-18-7-9-20(10-8-18)26-22(29)27-12-2-4-16(15-27)6-11-21(28)25-14-17-3-1-5-19(24)13-17/h1,3,5,7-10,13,16H,2,4,6,11-12,14-15H2,(H,25,28)(H,26,29)/t16-/m0/s1. The summed E-state index contributed by atoms with van der Waals surface area (Å²) >= 11 is 0. The molecule has 29 heavy (non-hydrogen) atoms. The van der Waals surface area contributed by atoms with E-state index in [-0.39, 0.29) is 29.5 Å². The highest BCUT2D eigenvalue weighted by atomic mass is 19.1. The summed E-state index contributed by atoms with van der Waals surface area (Å²) in [7, 11) is 0. The van der Waals surface area contributed by atoms with Crippen LogP contribution < -0.4 is 10.6 Å². The molecule has 7 heteroatoms. The molecule has 0 unspecified atom stereocenters. The Balaban J connectivity index is 1.41. The van der Waals surface area contributed by atoms with E-state index in [4.69, 9.17) is 0 Å². The van der Waals surface area contributed by atoms with Crippen molar-refractivity contribution >= 4 is 17.6 Å². The molecule has 1 aliphatic rings. The second-order valence-corrected chi connectivity index (χ2v) is 7.34. The van der Waals surface area contributed by atoms with Gasteiger partial charge in [-0.15, -0.1) is 0 Å². The zero-order valence-electron chi connectivity index (χ0n) is 16.2. The third-order valence-corrected chi connectivity index (χ3v) is 5.06.